The quantitative estimate of drug-likeness (QED) is 0.527. The van der Waals surface area contributed by atoms with Crippen molar-refractivity contribution >= 4 is 35.3 Å². The van der Waals surface area contributed by atoms with Crippen LogP contribution in [0.3, 0.4) is 0 Å². The number of carbonyl (C=O) groups is 2. The van der Waals surface area contributed by atoms with Crippen LogP contribution in [0.25, 0.3) is 0 Å². The van der Waals surface area contributed by atoms with E-state index in [2.05, 4.69) is 16.4 Å². The predicted octanol–water partition coefficient (Wildman–Crippen LogP) is 2.93. The van der Waals surface area contributed by atoms with E-state index >= 15 is 0 Å². The Bertz CT molecular complexity index is 1330. The first-order valence-corrected chi connectivity index (χ1v) is 15.2. The SMILES string of the molecule is COc1nc2c(cc1CN1CCN(C)CC1=O)CCCN2C(=O)Nc1cc(CC2CCSCC2OC)c(C#N)cn1. The molecule has 0 bridgehead atoms. The van der Waals surface area contributed by atoms with Gasteiger partial charge < -0.3 is 14.4 Å². The van der Waals surface area contributed by atoms with E-state index in [1.54, 1.807) is 25.2 Å². The molecule has 2 fully saturated rings. The number of fused-ring (bicyclic) bond motifs is 1. The van der Waals surface area contributed by atoms with Crippen LogP contribution in [-0.4, -0.2) is 96.8 Å². The number of anilines is 2. The normalized spacial score (nSPS) is 21.3. The van der Waals surface area contributed by atoms with Crippen molar-refractivity contribution in [2.24, 2.45) is 5.92 Å². The molecule has 2 aromatic heterocycles. The smallest absolute Gasteiger partial charge is 0.328 e. The molecular weight excluding hydrogens is 542 g/mol. The number of nitriles is 1. The predicted molar refractivity (Wildman–Crippen MR) is 157 cm³/mol. The van der Waals surface area contributed by atoms with E-state index in [0.29, 0.717) is 61.6 Å². The largest absolute Gasteiger partial charge is 0.481 e. The zero-order valence-corrected chi connectivity index (χ0v) is 24.7. The standard InChI is InChI=1S/C29H37N7O4S/c1-34-8-9-35(26(37)17-34)16-22-12-20-5-4-7-36(27(20)33-28(22)40-3)29(38)32-25-13-21(23(14-30)15-31-25)11-19-6-10-41-18-24(19)39-2/h12-13,15,19,24H,4-11,16-18H2,1-3H3,(H,31,32,38). The van der Waals surface area contributed by atoms with Crippen LogP contribution in [0.1, 0.15) is 35.1 Å². The number of rotatable bonds is 7. The number of aryl methyl sites for hydroxylation is 1. The molecule has 2 atom stereocenters. The van der Waals surface area contributed by atoms with Crippen LogP contribution >= 0.6 is 11.8 Å². The Morgan fingerprint density at radius 2 is 2.10 bits per heavy atom. The number of urea groups is 1. The highest BCUT2D eigenvalue weighted by molar-refractivity contribution is 7.99. The van der Waals surface area contributed by atoms with Crippen molar-refractivity contribution in [3.05, 3.63) is 40.6 Å². The van der Waals surface area contributed by atoms with E-state index in [1.807, 2.05) is 34.7 Å². The number of piperazine rings is 1. The van der Waals surface area contributed by atoms with Gasteiger partial charge in [-0.25, -0.2) is 9.78 Å². The van der Waals surface area contributed by atoms with E-state index < -0.39 is 0 Å². The van der Waals surface area contributed by atoms with Gasteiger partial charge in [0.15, 0.2) is 0 Å². The number of pyridine rings is 2. The Morgan fingerprint density at radius 3 is 2.85 bits per heavy atom. The number of hydrogen-bond donors (Lipinski definition) is 1. The third-order valence-corrected chi connectivity index (χ3v) is 9.17. The molecule has 5 rings (SSSR count). The number of hydrogen-bond acceptors (Lipinski definition) is 9. The Balaban J connectivity index is 1.33. The van der Waals surface area contributed by atoms with Gasteiger partial charge in [-0.05, 0) is 67.7 Å². The second-order valence-electron chi connectivity index (χ2n) is 10.8. The van der Waals surface area contributed by atoms with Crippen molar-refractivity contribution in [3.8, 4) is 11.9 Å². The monoisotopic (exact) mass is 579 g/mol. The van der Waals surface area contributed by atoms with Crippen LogP contribution in [0.2, 0.25) is 0 Å². The summed E-state index contributed by atoms with van der Waals surface area (Å²) in [5, 5.41) is 12.6. The van der Waals surface area contributed by atoms with E-state index in [4.69, 9.17) is 14.5 Å². The highest BCUT2D eigenvalue weighted by Crippen LogP contribution is 2.33. The molecule has 218 valence electrons. The van der Waals surface area contributed by atoms with Gasteiger partial charge in [0, 0.05) is 44.3 Å². The summed E-state index contributed by atoms with van der Waals surface area (Å²) in [5.41, 5.74) is 3.15. The molecule has 41 heavy (non-hydrogen) atoms. The molecule has 12 heteroatoms. The van der Waals surface area contributed by atoms with Gasteiger partial charge in [0.1, 0.15) is 17.7 Å². The second kappa shape index (κ2) is 13.1. The van der Waals surface area contributed by atoms with Crippen LogP contribution in [0, 0.1) is 17.2 Å². The third-order valence-electron chi connectivity index (χ3n) is 8.08. The number of nitrogens with one attached hydrogen (secondary N) is 1. The zero-order valence-electron chi connectivity index (χ0n) is 23.9. The average Bonchev–Trinajstić information content (AvgIpc) is 2.98. The van der Waals surface area contributed by atoms with Crippen LogP contribution in [0.4, 0.5) is 16.4 Å². The lowest BCUT2D eigenvalue weighted by Crippen LogP contribution is -2.48. The first-order chi connectivity index (χ1) is 19.9. The molecule has 11 nitrogen and oxygen atoms in total. The number of thioether (sulfide) groups is 1. The van der Waals surface area contributed by atoms with Gasteiger partial charge in [0.25, 0.3) is 0 Å². The molecule has 2 aromatic rings. The van der Waals surface area contributed by atoms with Crippen molar-refractivity contribution in [2.45, 2.75) is 38.3 Å². The van der Waals surface area contributed by atoms with Crippen LogP contribution in [-0.2, 0) is 28.9 Å². The fourth-order valence-electron chi connectivity index (χ4n) is 5.76. The summed E-state index contributed by atoms with van der Waals surface area (Å²) in [6.45, 7) is 2.79. The summed E-state index contributed by atoms with van der Waals surface area (Å²) in [6.07, 6.45) is 4.93. The first-order valence-electron chi connectivity index (χ1n) is 14.0. The molecule has 0 spiro atoms. The Kier molecular flexibility index (Phi) is 9.27. The average molecular weight is 580 g/mol. The van der Waals surface area contributed by atoms with Gasteiger partial charge >= 0.3 is 6.03 Å². The fourth-order valence-corrected chi connectivity index (χ4v) is 7.04. The molecule has 0 aromatic carbocycles. The number of likely N-dealkylation sites (N-methyl/N-ethyl adjacent to an activating group) is 1. The molecule has 5 heterocycles. The van der Waals surface area contributed by atoms with Crippen molar-refractivity contribution < 1.29 is 19.1 Å². The summed E-state index contributed by atoms with van der Waals surface area (Å²) in [7, 11) is 5.23. The fraction of sp³-hybridized carbons (Fsp3) is 0.552. The van der Waals surface area contributed by atoms with E-state index in [0.717, 1.165) is 54.0 Å². The number of aromatic nitrogens is 2. The maximum Gasteiger partial charge on any atom is 0.328 e. The van der Waals surface area contributed by atoms with Crippen LogP contribution in [0.15, 0.2) is 18.3 Å². The minimum absolute atomic E-state index is 0.0777. The minimum Gasteiger partial charge on any atom is -0.481 e. The minimum atomic E-state index is -0.338. The lowest BCUT2D eigenvalue weighted by Gasteiger charge is -2.33. The molecule has 3 aliphatic rings. The Morgan fingerprint density at radius 1 is 1.24 bits per heavy atom. The molecule has 2 unspecified atom stereocenters. The van der Waals surface area contributed by atoms with Gasteiger partial charge in [0.2, 0.25) is 11.8 Å². The van der Waals surface area contributed by atoms with Crippen molar-refractivity contribution in [1.82, 2.24) is 19.8 Å². The topological polar surface area (TPSA) is 124 Å². The number of amides is 3. The van der Waals surface area contributed by atoms with Crippen molar-refractivity contribution in [1.29, 1.82) is 5.26 Å². The molecule has 3 amide bonds. The Labute approximate surface area is 245 Å². The summed E-state index contributed by atoms with van der Waals surface area (Å²) >= 11 is 1.89. The summed E-state index contributed by atoms with van der Waals surface area (Å²) in [5.74, 6) is 3.75. The number of carbonyl (C=O) groups excluding carboxylic acids is 2. The summed E-state index contributed by atoms with van der Waals surface area (Å²) in [4.78, 5) is 40.6. The number of methoxy groups -OCH3 is 2. The van der Waals surface area contributed by atoms with E-state index in [9.17, 15) is 14.9 Å². The summed E-state index contributed by atoms with van der Waals surface area (Å²) in [6, 6.07) is 5.72. The lowest BCUT2D eigenvalue weighted by atomic mass is 9.90. The second-order valence-corrected chi connectivity index (χ2v) is 12.0. The van der Waals surface area contributed by atoms with Crippen LogP contribution in [0.5, 0.6) is 5.88 Å². The highest BCUT2D eigenvalue weighted by Gasteiger charge is 2.30. The highest BCUT2D eigenvalue weighted by atomic mass is 32.2. The molecule has 3 aliphatic heterocycles. The summed E-state index contributed by atoms with van der Waals surface area (Å²) < 4.78 is 11.3. The molecule has 2 saturated heterocycles. The van der Waals surface area contributed by atoms with Crippen LogP contribution < -0.4 is 15.0 Å². The van der Waals surface area contributed by atoms with Gasteiger partial charge in [-0.2, -0.15) is 22.0 Å². The van der Waals surface area contributed by atoms with Gasteiger partial charge in [-0.1, -0.05) is 0 Å². The first kappa shape index (κ1) is 29.1. The van der Waals surface area contributed by atoms with E-state index in [1.165, 1.54) is 6.20 Å². The van der Waals surface area contributed by atoms with Gasteiger partial charge in [-0.15, -0.1) is 0 Å². The lowest BCUT2D eigenvalue weighted by molar-refractivity contribution is -0.136. The maximum absolute atomic E-state index is 13.5. The van der Waals surface area contributed by atoms with Crippen molar-refractivity contribution in [2.75, 3.05) is 69.2 Å². The van der Waals surface area contributed by atoms with Gasteiger partial charge in [-0.3, -0.25) is 19.9 Å². The van der Waals surface area contributed by atoms with Gasteiger partial charge in [0.05, 0.1) is 31.9 Å². The molecule has 0 aliphatic carbocycles. The maximum atomic E-state index is 13.5. The number of nitrogens with zero attached hydrogens (tertiary/aromatic N) is 6. The Hall–Kier alpha value is -3.40. The van der Waals surface area contributed by atoms with E-state index in [-0.39, 0.29) is 18.0 Å². The third kappa shape index (κ3) is 6.58. The number of ether oxygens (including phenoxy) is 2. The van der Waals surface area contributed by atoms with Crippen molar-refractivity contribution in [3.63, 3.8) is 0 Å². The zero-order chi connectivity index (χ0) is 28.9. The molecule has 1 N–H and O–H groups in total. The molecule has 0 radical (unpaired) electrons. The molecule has 0 saturated carbocycles. The molecular formula is C29H37N7O4S.